The van der Waals surface area contributed by atoms with Crippen molar-refractivity contribution in [3.05, 3.63) is 29.8 Å². The first-order valence-electron chi connectivity index (χ1n) is 6.41. The number of hydrogen-bond donors (Lipinski definition) is 2. The summed E-state index contributed by atoms with van der Waals surface area (Å²) in [5, 5.41) is 8.97. The van der Waals surface area contributed by atoms with Gasteiger partial charge in [-0.1, -0.05) is 18.2 Å². The van der Waals surface area contributed by atoms with Gasteiger partial charge >= 0.3 is 5.97 Å². The van der Waals surface area contributed by atoms with Gasteiger partial charge in [-0.15, -0.1) is 0 Å². The van der Waals surface area contributed by atoms with Gasteiger partial charge in [0.25, 0.3) is 0 Å². The van der Waals surface area contributed by atoms with E-state index in [1.54, 1.807) is 4.90 Å². The maximum Gasteiger partial charge on any atom is 0.304 e. The van der Waals surface area contributed by atoms with Gasteiger partial charge in [-0.3, -0.25) is 9.59 Å². The number of nitrogens with zero attached hydrogens (tertiary/aromatic N) is 1. The SMILES string of the molecule is COCC(N)C(=O)N1CC(CC(=O)O)c2ccccc21. The van der Waals surface area contributed by atoms with Crippen molar-refractivity contribution in [1.82, 2.24) is 0 Å². The summed E-state index contributed by atoms with van der Waals surface area (Å²) in [6.07, 6.45) is 0.000307. The van der Waals surface area contributed by atoms with Gasteiger partial charge in [-0.25, -0.2) is 0 Å². The number of aliphatic carboxylic acids is 1. The molecule has 1 amide bonds. The Morgan fingerprint density at radius 1 is 1.50 bits per heavy atom. The van der Waals surface area contributed by atoms with Gasteiger partial charge in [0.15, 0.2) is 0 Å². The first kappa shape index (κ1) is 14.5. The Kier molecular flexibility index (Phi) is 4.36. The number of nitrogens with two attached hydrogens (primary N) is 1. The molecule has 0 aliphatic carbocycles. The Morgan fingerprint density at radius 3 is 2.85 bits per heavy atom. The molecular formula is C14H18N2O4. The number of fused-ring (bicyclic) bond motifs is 1. The van der Waals surface area contributed by atoms with E-state index in [0.717, 1.165) is 11.3 Å². The predicted molar refractivity (Wildman–Crippen MR) is 73.6 cm³/mol. The van der Waals surface area contributed by atoms with Gasteiger partial charge in [-0.05, 0) is 11.6 Å². The molecule has 0 aromatic heterocycles. The largest absolute Gasteiger partial charge is 0.481 e. The van der Waals surface area contributed by atoms with E-state index >= 15 is 0 Å². The summed E-state index contributed by atoms with van der Waals surface area (Å²) in [5.41, 5.74) is 7.41. The number of carbonyl (C=O) groups excluding carboxylic acids is 1. The minimum absolute atomic E-state index is 0.000307. The zero-order valence-electron chi connectivity index (χ0n) is 11.3. The number of amides is 1. The third-order valence-electron chi connectivity index (χ3n) is 3.42. The first-order valence-corrected chi connectivity index (χ1v) is 6.41. The van der Waals surface area contributed by atoms with Crippen molar-refractivity contribution in [3.8, 4) is 0 Å². The highest BCUT2D eigenvalue weighted by molar-refractivity contribution is 5.99. The summed E-state index contributed by atoms with van der Waals surface area (Å²) in [5.74, 6) is -1.31. The number of methoxy groups -OCH3 is 1. The molecule has 0 fully saturated rings. The fraction of sp³-hybridized carbons (Fsp3) is 0.429. The van der Waals surface area contributed by atoms with Crippen LogP contribution in [0.15, 0.2) is 24.3 Å². The van der Waals surface area contributed by atoms with E-state index in [2.05, 4.69) is 0 Å². The molecule has 0 radical (unpaired) electrons. The number of carboxylic acid groups (broad SMARTS) is 1. The van der Waals surface area contributed by atoms with Crippen molar-refractivity contribution >= 4 is 17.6 Å². The molecule has 2 rings (SSSR count). The predicted octanol–water partition coefficient (Wildman–Crippen LogP) is 0.565. The highest BCUT2D eigenvalue weighted by Gasteiger charge is 2.35. The van der Waals surface area contributed by atoms with Gasteiger partial charge in [0.1, 0.15) is 6.04 Å². The second kappa shape index (κ2) is 6.02. The number of para-hydroxylation sites is 1. The summed E-state index contributed by atoms with van der Waals surface area (Å²) in [6, 6.07) is 6.60. The fourth-order valence-corrected chi connectivity index (χ4v) is 2.54. The zero-order valence-corrected chi connectivity index (χ0v) is 11.3. The van der Waals surface area contributed by atoms with Crippen LogP contribution in [0.25, 0.3) is 0 Å². The molecule has 2 atom stereocenters. The average molecular weight is 278 g/mol. The molecule has 6 nitrogen and oxygen atoms in total. The van der Waals surface area contributed by atoms with Crippen LogP contribution in [0.4, 0.5) is 5.69 Å². The van der Waals surface area contributed by atoms with Gasteiger partial charge < -0.3 is 20.5 Å². The second-order valence-corrected chi connectivity index (χ2v) is 4.86. The molecule has 0 spiro atoms. The average Bonchev–Trinajstić information content (AvgIpc) is 2.77. The minimum atomic E-state index is -0.875. The van der Waals surface area contributed by atoms with Crippen LogP contribution in [0.3, 0.4) is 0 Å². The number of carbonyl (C=O) groups is 2. The summed E-state index contributed by atoms with van der Waals surface area (Å²) >= 11 is 0. The van der Waals surface area contributed by atoms with Crippen molar-refractivity contribution < 1.29 is 19.4 Å². The van der Waals surface area contributed by atoms with Crippen molar-refractivity contribution in [3.63, 3.8) is 0 Å². The molecule has 108 valence electrons. The maximum atomic E-state index is 12.3. The van der Waals surface area contributed by atoms with Crippen LogP contribution < -0.4 is 10.6 Å². The Hall–Kier alpha value is -1.92. The van der Waals surface area contributed by atoms with Crippen LogP contribution in [0.5, 0.6) is 0 Å². The van der Waals surface area contributed by atoms with E-state index in [-0.39, 0.29) is 24.9 Å². The normalized spacial score (nSPS) is 18.7. The molecular weight excluding hydrogens is 260 g/mol. The van der Waals surface area contributed by atoms with Gasteiger partial charge in [0, 0.05) is 25.3 Å². The van der Waals surface area contributed by atoms with Crippen molar-refractivity contribution in [2.75, 3.05) is 25.2 Å². The topological polar surface area (TPSA) is 92.9 Å². The smallest absolute Gasteiger partial charge is 0.304 e. The fourth-order valence-electron chi connectivity index (χ4n) is 2.54. The molecule has 0 saturated heterocycles. The zero-order chi connectivity index (χ0) is 14.7. The molecule has 0 saturated carbocycles. The van der Waals surface area contributed by atoms with Crippen LogP contribution in [-0.2, 0) is 14.3 Å². The molecule has 1 heterocycles. The number of anilines is 1. The molecule has 1 aromatic carbocycles. The molecule has 0 bridgehead atoms. The quantitative estimate of drug-likeness (QED) is 0.821. The Labute approximate surface area is 117 Å². The number of hydrogen-bond acceptors (Lipinski definition) is 4. The van der Waals surface area contributed by atoms with Crippen molar-refractivity contribution in [2.45, 2.75) is 18.4 Å². The van der Waals surface area contributed by atoms with Gasteiger partial charge in [-0.2, -0.15) is 0 Å². The minimum Gasteiger partial charge on any atom is -0.481 e. The lowest BCUT2D eigenvalue weighted by Crippen LogP contribution is -2.45. The number of benzene rings is 1. The maximum absolute atomic E-state index is 12.3. The van der Waals surface area contributed by atoms with Crippen LogP contribution >= 0.6 is 0 Å². The molecule has 1 aliphatic heterocycles. The van der Waals surface area contributed by atoms with Crippen molar-refractivity contribution in [1.29, 1.82) is 0 Å². The van der Waals surface area contributed by atoms with E-state index in [0.29, 0.717) is 6.54 Å². The number of rotatable bonds is 5. The van der Waals surface area contributed by atoms with Crippen LogP contribution in [0.2, 0.25) is 0 Å². The number of ether oxygens (including phenoxy) is 1. The van der Waals surface area contributed by atoms with Crippen LogP contribution in [0, 0.1) is 0 Å². The summed E-state index contributed by atoms with van der Waals surface area (Å²) in [6.45, 7) is 0.489. The Bertz CT molecular complexity index is 518. The molecule has 1 aliphatic rings. The van der Waals surface area contributed by atoms with Crippen molar-refractivity contribution in [2.24, 2.45) is 5.73 Å². The summed E-state index contributed by atoms with van der Waals surface area (Å²) in [4.78, 5) is 24.8. The Balaban J connectivity index is 2.24. The van der Waals surface area contributed by atoms with Crippen LogP contribution in [0.1, 0.15) is 17.9 Å². The summed E-state index contributed by atoms with van der Waals surface area (Å²) < 4.78 is 4.90. The van der Waals surface area contributed by atoms with Gasteiger partial charge in [0.2, 0.25) is 5.91 Å². The van der Waals surface area contributed by atoms with E-state index in [1.807, 2.05) is 24.3 Å². The summed E-state index contributed by atoms with van der Waals surface area (Å²) in [7, 11) is 1.48. The molecule has 6 heteroatoms. The van der Waals surface area contributed by atoms with Crippen LogP contribution in [-0.4, -0.2) is 43.3 Å². The monoisotopic (exact) mass is 278 g/mol. The lowest BCUT2D eigenvalue weighted by Gasteiger charge is -2.21. The third kappa shape index (κ3) is 2.81. The van der Waals surface area contributed by atoms with E-state index in [4.69, 9.17) is 15.6 Å². The molecule has 2 unspecified atom stereocenters. The lowest BCUT2D eigenvalue weighted by atomic mass is 9.98. The highest BCUT2D eigenvalue weighted by Crippen LogP contribution is 2.38. The third-order valence-corrected chi connectivity index (χ3v) is 3.42. The molecule has 20 heavy (non-hydrogen) atoms. The lowest BCUT2D eigenvalue weighted by molar-refractivity contribution is -0.137. The standard InChI is InChI=1S/C14H18N2O4/c1-20-8-11(15)14(19)16-7-9(6-13(17)18)10-4-2-3-5-12(10)16/h2-5,9,11H,6-8,15H2,1H3,(H,17,18). The Morgan fingerprint density at radius 2 is 2.20 bits per heavy atom. The first-order chi connectivity index (χ1) is 9.54. The van der Waals surface area contributed by atoms with E-state index < -0.39 is 12.0 Å². The van der Waals surface area contributed by atoms with E-state index in [9.17, 15) is 9.59 Å². The highest BCUT2D eigenvalue weighted by atomic mass is 16.5. The second-order valence-electron chi connectivity index (χ2n) is 4.86. The van der Waals surface area contributed by atoms with Gasteiger partial charge in [0.05, 0.1) is 13.0 Å². The van der Waals surface area contributed by atoms with E-state index in [1.165, 1.54) is 7.11 Å². The number of carboxylic acids is 1. The molecule has 1 aromatic rings. The molecule has 3 N–H and O–H groups in total.